The Kier molecular flexibility index (Phi) is 32.1. The van der Waals surface area contributed by atoms with E-state index in [1.807, 2.05) is 60.7 Å². The van der Waals surface area contributed by atoms with Crippen molar-refractivity contribution in [2.24, 2.45) is 11.3 Å². The van der Waals surface area contributed by atoms with Crippen LogP contribution in [0.4, 0.5) is 37.1 Å². The fraction of sp³-hybridized carbons (Fsp3) is 0.478. The zero-order valence-corrected chi connectivity index (χ0v) is 72.5. The van der Waals surface area contributed by atoms with Crippen LogP contribution in [0.15, 0.2) is 128 Å². The van der Waals surface area contributed by atoms with E-state index < -0.39 is 128 Å². The van der Waals surface area contributed by atoms with Gasteiger partial charge >= 0.3 is 24.2 Å². The molecule has 13 rings (SSSR count). The molecule has 0 unspecified atom stereocenters. The number of hydrogen-bond acceptors (Lipinski definition) is 27. The van der Waals surface area contributed by atoms with Crippen LogP contribution < -0.4 is 55.3 Å². The molecule has 0 bridgehead atoms. The van der Waals surface area contributed by atoms with Crippen LogP contribution in [0, 0.1) is 11.3 Å². The second-order valence-corrected chi connectivity index (χ2v) is 32.8. The first-order valence-electron chi connectivity index (χ1n) is 43.1. The summed E-state index contributed by atoms with van der Waals surface area (Å²) < 4.78 is 75.2. The number of carboxylic acids is 1. The van der Waals surface area contributed by atoms with E-state index in [1.165, 1.54) is 62.5 Å². The summed E-state index contributed by atoms with van der Waals surface area (Å²) in [4.78, 5) is 144. The molecule has 2 saturated heterocycles. The maximum atomic E-state index is 15.2. The quantitative estimate of drug-likeness (QED) is 0.0105. The van der Waals surface area contributed by atoms with Gasteiger partial charge in [0.2, 0.25) is 23.6 Å². The van der Waals surface area contributed by atoms with Gasteiger partial charge in [-0.2, -0.15) is 0 Å². The minimum Gasteiger partial charge on any atom is -0.493 e. The smallest absolute Gasteiger partial charge is 0.416 e. The number of rotatable bonds is 42. The minimum absolute atomic E-state index is 0.00714. The summed E-state index contributed by atoms with van der Waals surface area (Å²) in [6, 6.07) is 29.9. The van der Waals surface area contributed by atoms with E-state index >= 15 is 4.79 Å². The van der Waals surface area contributed by atoms with Crippen LogP contribution in [0.5, 0.6) is 23.0 Å². The van der Waals surface area contributed by atoms with Crippen molar-refractivity contribution in [3.05, 3.63) is 167 Å². The van der Waals surface area contributed by atoms with Crippen LogP contribution >= 0.6 is 0 Å². The highest BCUT2D eigenvalue weighted by molar-refractivity contribution is 6.07. The Morgan fingerprint density at radius 2 is 1.24 bits per heavy atom. The lowest BCUT2D eigenvalue weighted by atomic mass is 9.93. The van der Waals surface area contributed by atoms with Gasteiger partial charge in [-0.1, -0.05) is 105 Å². The molecule has 6 aromatic carbocycles. The molecule has 0 aromatic heterocycles. The number of hydrogen-bond donors (Lipinski definition) is 10. The molecule has 692 valence electrons. The summed E-state index contributed by atoms with van der Waals surface area (Å²) in [7, 11) is 2.85. The highest BCUT2D eigenvalue weighted by Crippen LogP contribution is 2.57. The Hall–Kier alpha value is -12.0. The molecular weight excluding hydrogens is 1680 g/mol. The fourth-order valence-electron chi connectivity index (χ4n) is 16.7. The third-order valence-corrected chi connectivity index (χ3v) is 23.6. The Balaban J connectivity index is 0.646. The average Bonchev–Trinajstić information content (AvgIpc) is 1.56. The molecule has 5 aliphatic heterocycles. The van der Waals surface area contributed by atoms with E-state index in [9.17, 15) is 68.7 Å². The molecule has 1 saturated carbocycles. The monoisotopic (exact) mass is 1790 g/mol. The molecule has 7 aliphatic rings. The van der Waals surface area contributed by atoms with Gasteiger partial charge in [0.15, 0.2) is 41.6 Å². The summed E-state index contributed by atoms with van der Waals surface area (Å²) in [5, 5.41) is 67.3. The second kappa shape index (κ2) is 43.8. The Labute approximate surface area is 744 Å². The number of nitrogens with one attached hydrogen (secondary N) is 5. The van der Waals surface area contributed by atoms with Gasteiger partial charge in [-0.05, 0) is 114 Å². The molecule has 10 N–H and O–H groups in total. The van der Waals surface area contributed by atoms with E-state index in [2.05, 4.69) is 45.3 Å². The predicted octanol–water partition coefficient (Wildman–Crippen LogP) is 6.94. The van der Waals surface area contributed by atoms with Gasteiger partial charge in [-0.25, -0.2) is 24.1 Å². The molecule has 0 radical (unpaired) electrons. The lowest BCUT2D eigenvalue weighted by molar-refractivity contribution is -0.294. The number of aliphatic carboxylic acids is 1. The number of alkyl carbamates (subject to hydrolysis) is 1. The summed E-state index contributed by atoms with van der Waals surface area (Å²) in [6.45, 7) is 9.28. The van der Waals surface area contributed by atoms with Crippen molar-refractivity contribution in [2.75, 3.05) is 140 Å². The van der Waals surface area contributed by atoms with E-state index in [4.69, 9.17) is 61.6 Å². The normalized spacial score (nSPS) is 20.2. The summed E-state index contributed by atoms with van der Waals surface area (Å²) in [5.74, 6) is -5.40. The molecule has 37 heteroatoms. The summed E-state index contributed by atoms with van der Waals surface area (Å²) in [5.41, 5.74) is 6.79. The molecule has 3 fully saturated rings. The number of unbranched alkanes of at least 4 members (excludes halogenated alkanes) is 2. The first-order valence-corrected chi connectivity index (χ1v) is 43.1. The number of aliphatic hydroxyl groups excluding tert-OH is 4. The molecule has 2 aliphatic carbocycles. The van der Waals surface area contributed by atoms with Gasteiger partial charge in [-0.3, -0.25) is 33.7 Å². The van der Waals surface area contributed by atoms with Crippen molar-refractivity contribution in [1.29, 1.82) is 0 Å². The molecule has 1 spiro atoms. The first kappa shape index (κ1) is 94.6. The Morgan fingerprint density at radius 1 is 0.628 bits per heavy atom. The fourth-order valence-corrected chi connectivity index (χ4v) is 16.7. The van der Waals surface area contributed by atoms with E-state index in [-0.39, 0.29) is 179 Å². The van der Waals surface area contributed by atoms with Gasteiger partial charge in [0, 0.05) is 61.5 Å². The number of fused-ring (bicyclic) bond motifs is 8. The predicted molar refractivity (Wildman–Crippen MR) is 463 cm³/mol. The van der Waals surface area contributed by atoms with Crippen molar-refractivity contribution in [3.8, 4) is 34.1 Å². The van der Waals surface area contributed by atoms with E-state index in [0.717, 1.165) is 51.1 Å². The van der Waals surface area contributed by atoms with Crippen LogP contribution in [-0.4, -0.2) is 276 Å². The van der Waals surface area contributed by atoms with Crippen LogP contribution in [-0.2, 0) is 86.2 Å². The number of aliphatic hydroxyl groups is 4. The van der Waals surface area contributed by atoms with Crippen molar-refractivity contribution < 1.29 is 135 Å². The average molecular weight is 1790 g/mol. The molecular formula is C92H111N9O28. The van der Waals surface area contributed by atoms with Crippen molar-refractivity contribution >= 4 is 82.4 Å². The van der Waals surface area contributed by atoms with Crippen LogP contribution in [0.1, 0.15) is 120 Å². The highest BCUT2D eigenvalue weighted by Gasteiger charge is 2.58. The zero-order valence-electron chi connectivity index (χ0n) is 72.5. The topological polar surface area (TPSA) is 465 Å². The van der Waals surface area contributed by atoms with E-state index in [1.54, 1.807) is 35.8 Å². The van der Waals surface area contributed by atoms with Crippen LogP contribution in [0.25, 0.3) is 11.1 Å². The highest BCUT2D eigenvalue weighted by atomic mass is 16.7. The minimum atomic E-state index is -2.10. The van der Waals surface area contributed by atoms with Crippen molar-refractivity contribution in [1.82, 2.24) is 25.8 Å². The number of carbonyl (C=O) groups is 10. The molecule has 9 amide bonds. The number of nitrogens with zero attached hydrogens (tertiary/aromatic N) is 4. The third-order valence-electron chi connectivity index (χ3n) is 23.6. The Bertz CT molecular complexity index is 5000. The van der Waals surface area contributed by atoms with Crippen molar-refractivity contribution in [3.63, 3.8) is 0 Å². The lowest BCUT2D eigenvalue weighted by Crippen LogP contribution is -2.61. The van der Waals surface area contributed by atoms with E-state index in [0.29, 0.717) is 50.9 Å². The van der Waals surface area contributed by atoms with Gasteiger partial charge in [0.1, 0.15) is 50.2 Å². The molecule has 10 atom stereocenters. The maximum Gasteiger partial charge on any atom is 0.416 e. The lowest BCUT2D eigenvalue weighted by Gasteiger charge is -2.38. The molecule has 129 heavy (non-hydrogen) atoms. The van der Waals surface area contributed by atoms with Gasteiger partial charge in [0.05, 0.1) is 134 Å². The number of amides is 9. The van der Waals surface area contributed by atoms with Crippen molar-refractivity contribution in [2.45, 2.75) is 152 Å². The maximum absolute atomic E-state index is 15.2. The SMILES string of the molecule is C=CCOC(=O)N1C[C@@H]2Cc3ccccc3CN2C(=O)c2cc(OC)c(OCCCCCOc3cc4c(cc3OC)C(=O)N3CC5(CC5)C[C@H]3[C@H](O)N4C(=O)OCc3ccc(NC(=O)[C@H](CO[C@@H]4O[C@H](C(=O)O)[C@@H](O)[C@H](O)[C@H]4O)NC(=O)[C@@H](NC(C)=O)C(C)C)cc3NC(=O)CCOCCOCCOCCOCCNC(=O)OCC3c4ccccc4-c4ccccc43)cc21. The van der Waals surface area contributed by atoms with Gasteiger partial charge in [-0.15, -0.1) is 0 Å². The summed E-state index contributed by atoms with van der Waals surface area (Å²) in [6.07, 6.45) is -9.18. The van der Waals surface area contributed by atoms with Gasteiger partial charge in [0.25, 0.3) is 11.8 Å². The molecule has 5 heterocycles. The third kappa shape index (κ3) is 23.0. The number of carboxylic acid groups (broad SMARTS) is 1. The first-order chi connectivity index (χ1) is 62.3. The number of anilines is 4. The number of methoxy groups -OCH3 is 2. The standard InChI is InChI=1S/C92H111N9O28/c1-7-29-125-90(115)99-48-59-40-55-17-9-10-18-56(55)47-98(59)84(109)64-42-72(117-5)74(44-69(64)99)123-30-15-8-16-31-124-75-45-70-65(43-73(75)118-6)85(110)100-52-92(26-27-92)46-71(100)86(111)101(70)91(116)128-49-57-23-24-58(95-82(107)68(97-83(108)77(53(2)3)94-54(4)102)51-126-88-80(106)78(104)79(105)81(129-88)87(112)113)41-67(57)96-76(103)25-32-119-34-36-121-38-39-122-37-35-120-33-28-93-89(114)127-50-66-62-21-13-11-19-60(62)61-20-12-14-22-63(61)66/h7,9-14,17-24,41-45,53,59,66,68,71,77-81,86,88,104-106,111H,1,8,15-16,25-40,46-52H2,2-6H3,(H,93,114)(H,94,102)(H,95,107)(H,96,103)(H,97,108)(H,112,113)/t59-,68-,71-,77-,78-,79-,80+,81-,86-,88+/m0/s1. The van der Waals surface area contributed by atoms with Crippen LogP contribution in [0.2, 0.25) is 0 Å². The largest absolute Gasteiger partial charge is 0.493 e. The zero-order chi connectivity index (χ0) is 91.6. The van der Waals surface area contributed by atoms with Gasteiger partial charge < -0.3 is 123 Å². The number of carbonyl (C=O) groups excluding carboxylic acids is 9. The number of benzene rings is 6. The molecule has 37 nitrogen and oxygen atoms in total. The summed E-state index contributed by atoms with van der Waals surface area (Å²) >= 11 is 0. The van der Waals surface area contributed by atoms with Crippen LogP contribution in [0.3, 0.4) is 0 Å². The Morgan fingerprint density at radius 3 is 1.87 bits per heavy atom. The molecule has 6 aromatic rings. The second-order valence-electron chi connectivity index (χ2n) is 32.8. The number of ether oxygens (including phenoxy) is 13.